The molecule has 4 aliphatic rings. The van der Waals surface area contributed by atoms with Gasteiger partial charge in [0.2, 0.25) is 5.91 Å². The lowest BCUT2D eigenvalue weighted by molar-refractivity contribution is -0.146. The lowest BCUT2D eigenvalue weighted by atomic mass is 9.78. The molecule has 0 unspecified atom stereocenters. The van der Waals surface area contributed by atoms with Crippen LogP contribution in [0.15, 0.2) is 54.9 Å². The van der Waals surface area contributed by atoms with Gasteiger partial charge in [0, 0.05) is 43.0 Å². The average molecular weight is 669 g/mol. The van der Waals surface area contributed by atoms with Crippen molar-refractivity contribution in [3.05, 3.63) is 66.0 Å². The van der Waals surface area contributed by atoms with E-state index in [9.17, 15) is 14.4 Å². The number of amides is 2. The number of carboxylic acids is 1. The molecule has 3 aliphatic carbocycles. The molecule has 7 rings (SSSR count). The van der Waals surface area contributed by atoms with Gasteiger partial charge in [-0.2, -0.15) is 5.10 Å². The Kier molecular flexibility index (Phi) is 9.65. The van der Waals surface area contributed by atoms with E-state index < -0.39 is 18.0 Å². The highest BCUT2D eigenvalue weighted by Crippen LogP contribution is 2.40. The molecule has 10 heteroatoms. The molecule has 1 N–H and O–H groups in total. The molecule has 0 bridgehead atoms. The summed E-state index contributed by atoms with van der Waals surface area (Å²) in [5.41, 5.74) is 5.59. The Hall–Kier alpha value is -4.34. The average Bonchev–Trinajstić information content (AvgIpc) is 3.82. The van der Waals surface area contributed by atoms with Crippen LogP contribution in [-0.2, 0) is 14.3 Å². The zero-order valence-electron chi connectivity index (χ0n) is 28.6. The number of ether oxygens (including phenoxy) is 2. The Bertz CT molecular complexity index is 1660. The molecule has 1 aliphatic heterocycles. The lowest BCUT2D eigenvalue weighted by Gasteiger charge is -2.38. The van der Waals surface area contributed by atoms with Crippen LogP contribution in [-0.4, -0.2) is 70.6 Å². The number of hydrogen-bond acceptors (Lipinski definition) is 6. The molecule has 260 valence electrons. The van der Waals surface area contributed by atoms with Gasteiger partial charge in [-0.15, -0.1) is 0 Å². The van der Waals surface area contributed by atoms with E-state index in [1.54, 1.807) is 7.11 Å². The Labute approximate surface area is 288 Å². The molecular weight excluding hydrogens is 620 g/mol. The molecule has 3 saturated carbocycles. The van der Waals surface area contributed by atoms with Gasteiger partial charge in [0.25, 0.3) is 0 Å². The van der Waals surface area contributed by atoms with Crippen molar-refractivity contribution in [3.8, 4) is 16.9 Å². The Morgan fingerprint density at radius 3 is 2.33 bits per heavy atom. The van der Waals surface area contributed by atoms with Crippen LogP contribution in [0.4, 0.5) is 10.5 Å². The summed E-state index contributed by atoms with van der Waals surface area (Å²) < 4.78 is 13.3. The highest BCUT2D eigenvalue weighted by atomic mass is 16.6. The van der Waals surface area contributed by atoms with Gasteiger partial charge in [-0.1, -0.05) is 24.3 Å². The van der Waals surface area contributed by atoms with Gasteiger partial charge >= 0.3 is 12.1 Å². The predicted molar refractivity (Wildman–Crippen MR) is 186 cm³/mol. The quantitative estimate of drug-likeness (QED) is 0.243. The maximum absolute atomic E-state index is 14.4. The maximum Gasteiger partial charge on any atom is 0.410 e. The van der Waals surface area contributed by atoms with E-state index in [1.165, 1.54) is 28.9 Å². The molecule has 0 radical (unpaired) electrons. The zero-order valence-corrected chi connectivity index (χ0v) is 28.6. The van der Waals surface area contributed by atoms with Gasteiger partial charge < -0.3 is 24.4 Å². The Morgan fingerprint density at radius 2 is 1.65 bits per heavy atom. The number of aromatic nitrogens is 2. The Morgan fingerprint density at radius 1 is 0.898 bits per heavy atom. The molecule has 1 saturated heterocycles. The molecule has 4 fully saturated rings. The smallest absolute Gasteiger partial charge is 0.410 e. The molecule has 2 aromatic carbocycles. The van der Waals surface area contributed by atoms with E-state index in [0.29, 0.717) is 50.1 Å². The fraction of sp³-hybridized carbons (Fsp3) is 0.538. The second kappa shape index (κ2) is 14.3. The largest absolute Gasteiger partial charge is 0.496 e. The summed E-state index contributed by atoms with van der Waals surface area (Å²) in [6.07, 6.45) is 12.6. The van der Waals surface area contributed by atoms with Crippen LogP contribution < -0.4 is 9.64 Å². The van der Waals surface area contributed by atoms with E-state index in [-0.39, 0.29) is 31.0 Å². The van der Waals surface area contributed by atoms with E-state index in [4.69, 9.17) is 14.6 Å². The van der Waals surface area contributed by atoms with Gasteiger partial charge in [-0.3, -0.25) is 14.3 Å². The van der Waals surface area contributed by atoms with Crippen LogP contribution in [0.1, 0.15) is 87.3 Å². The van der Waals surface area contributed by atoms with Crippen molar-refractivity contribution in [2.75, 3.05) is 31.6 Å². The summed E-state index contributed by atoms with van der Waals surface area (Å²) in [4.78, 5) is 41.6. The van der Waals surface area contributed by atoms with Crippen molar-refractivity contribution in [1.29, 1.82) is 0 Å². The van der Waals surface area contributed by atoms with Gasteiger partial charge in [0.15, 0.2) is 0 Å². The summed E-state index contributed by atoms with van der Waals surface area (Å²) in [5.74, 6) is 0.454. The summed E-state index contributed by atoms with van der Waals surface area (Å²) in [6, 6.07) is 15.4. The third-order valence-corrected chi connectivity index (χ3v) is 11.2. The standard InChI is InChI=1S/C39H48N4O6/c1-25-18-30(12-17-36(25)48-2)27-8-6-26(7-9-27)21-42(34-5-3-4-29(19-34)31-20-40-43(24-31)33-13-14-33)37(44)28-10-15-35(16-11-28)49-39(47)41-22-32(23-41)38(45)46/h3-5,12,17-20,24,26-28,32-33,35H,6-11,13-16,21-23H2,1-2H3,(H,45,46)/t26-,27-,28-,35-. The topological polar surface area (TPSA) is 114 Å². The fourth-order valence-electron chi connectivity index (χ4n) is 7.94. The van der Waals surface area contributed by atoms with Crippen LogP contribution in [0.3, 0.4) is 0 Å². The van der Waals surface area contributed by atoms with E-state index in [2.05, 4.69) is 59.3 Å². The van der Waals surface area contributed by atoms with Crippen molar-refractivity contribution >= 4 is 23.7 Å². The maximum atomic E-state index is 14.4. The van der Waals surface area contributed by atoms with Crippen molar-refractivity contribution in [1.82, 2.24) is 14.7 Å². The number of methoxy groups -OCH3 is 1. The third kappa shape index (κ3) is 7.48. The monoisotopic (exact) mass is 668 g/mol. The van der Waals surface area contributed by atoms with Crippen LogP contribution in [0.2, 0.25) is 0 Å². The number of carbonyl (C=O) groups is 3. The zero-order chi connectivity index (χ0) is 34.1. The first-order valence-electron chi connectivity index (χ1n) is 18.0. The SMILES string of the molecule is COc1ccc([C@H]2CC[C@H](CN(c3cccc(-c4cnn(C5CC5)c4)c3)C(=O)[C@H]3CC[C@H](OC(=O)N4CC(C(=O)O)C4)CC3)CC2)cc1C. The second-order valence-electron chi connectivity index (χ2n) is 14.7. The van der Waals surface area contributed by atoms with Gasteiger partial charge in [-0.05, 0) is 118 Å². The molecule has 3 aromatic rings. The summed E-state index contributed by atoms with van der Waals surface area (Å²) in [6.45, 7) is 3.17. The fourth-order valence-corrected chi connectivity index (χ4v) is 7.94. The number of anilines is 1. The number of carboxylic acid groups (broad SMARTS) is 1. The number of hydrogen-bond donors (Lipinski definition) is 1. The number of rotatable bonds is 10. The van der Waals surface area contributed by atoms with E-state index in [0.717, 1.165) is 48.2 Å². The molecule has 1 aromatic heterocycles. The summed E-state index contributed by atoms with van der Waals surface area (Å²) in [5, 5.41) is 13.7. The number of nitrogens with zero attached hydrogens (tertiary/aromatic N) is 4. The minimum Gasteiger partial charge on any atom is -0.496 e. The van der Waals surface area contributed by atoms with E-state index in [1.807, 2.05) is 17.2 Å². The minimum atomic E-state index is -0.883. The normalized spacial score (nSPS) is 24.2. The van der Waals surface area contributed by atoms with Crippen LogP contribution in [0, 0.1) is 24.7 Å². The third-order valence-electron chi connectivity index (χ3n) is 11.2. The first-order valence-corrected chi connectivity index (χ1v) is 18.0. The first-order chi connectivity index (χ1) is 23.7. The highest BCUT2D eigenvalue weighted by Gasteiger charge is 2.39. The molecule has 2 heterocycles. The number of likely N-dealkylation sites (tertiary alicyclic amines) is 1. The minimum absolute atomic E-state index is 0.143. The van der Waals surface area contributed by atoms with Crippen LogP contribution in [0.5, 0.6) is 5.75 Å². The van der Waals surface area contributed by atoms with Crippen molar-refractivity contribution in [3.63, 3.8) is 0 Å². The Balaban J connectivity index is 1.02. The van der Waals surface area contributed by atoms with Crippen molar-refractivity contribution in [2.24, 2.45) is 17.8 Å². The number of carbonyl (C=O) groups excluding carboxylic acids is 2. The molecule has 0 atom stereocenters. The summed E-state index contributed by atoms with van der Waals surface area (Å²) >= 11 is 0. The highest BCUT2D eigenvalue weighted by molar-refractivity contribution is 5.95. The number of benzene rings is 2. The van der Waals surface area contributed by atoms with Crippen molar-refractivity contribution in [2.45, 2.75) is 89.2 Å². The van der Waals surface area contributed by atoms with Gasteiger partial charge in [0.05, 0.1) is 25.3 Å². The number of aryl methyl sites for hydroxylation is 1. The molecular formula is C39H48N4O6. The first kappa shape index (κ1) is 33.2. The van der Waals surface area contributed by atoms with Crippen molar-refractivity contribution < 1.29 is 29.0 Å². The molecule has 0 spiro atoms. The lowest BCUT2D eigenvalue weighted by Crippen LogP contribution is -2.53. The van der Waals surface area contributed by atoms with Gasteiger partial charge in [-0.25, -0.2) is 4.79 Å². The molecule has 10 nitrogen and oxygen atoms in total. The van der Waals surface area contributed by atoms with Gasteiger partial charge in [0.1, 0.15) is 11.9 Å². The number of aliphatic carboxylic acids is 1. The van der Waals surface area contributed by atoms with Crippen LogP contribution >= 0.6 is 0 Å². The molecule has 49 heavy (non-hydrogen) atoms. The van der Waals surface area contributed by atoms with Crippen LogP contribution in [0.25, 0.3) is 11.1 Å². The summed E-state index contributed by atoms with van der Waals surface area (Å²) in [7, 11) is 1.71. The van der Waals surface area contributed by atoms with E-state index >= 15 is 0 Å². The predicted octanol–water partition coefficient (Wildman–Crippen LogP) is 7.22. The molecule has 2 amide bonds. The second-order valence-corrected chi connectivity index (χ2v) is 14.7.